The standard InChI is InChI=1S/C24H34N2O8/c1-9-24(15(2)21(28)29)14-25(10-11-26(24)22(30)34-23(3,4)5)20(27)16-12-17(31-6)19(33-8)18(13-16)32-7/h12-13H,2,9-11,14H2,1,3-8H3,(H,28,29). The number of aliphatic carboxylic acids is 1. The first-order valence-corrected chi connectivity index (χ1v) is 10.9. The number of amides is 2. The number of carboxylic acid groups (broad SMARTS) is 1. The number of nitrogens with zero attached hydrogens (tertiary/aromatic N) is 2. The summed E-state index contributed by atoms with van der Waals surface area (Å²) < 4.78 is 21.5. The number of ether oxygens (including phenoxy) is 4. The molecule has 10 nitrogen and oxygen atoms in total. The van der Waals surface area contributed by atoms with E-state index in [-0.39, 0.29) is 43.1 Å². The third kappa shape index (κ3) is 5.21. The minimum absolute atomic E-state index is 0.0661. The van der Waals surface area contributed by atoms with Crippen molar-refractivity contribution in [3.8, 4) is 17.2 Å². The molecule has 1 N–H and O–H groups in total. The van der Waals surface area contributed by atoms with Gasteiger partial charge in [0, 0.05) is 25.2 Å². The first-order chi connectivity index (χ1) is 15.8. The fourth-order valence-corrected chi connectivity index (χ4v) is 4.03. The number of carbonyl (C=O) groups excluding carboxylic acids is 2. The molecule has 1 aromatic rings. The number of methoxy groups -OCH3 is 3. The lowest BCUT2D eigenvalue weighted by Gasteiger charge is -2.50. The molecular weight excluding hydrogens is 444 g/mol. The fourth-order valence-electron chi connectivity index (χ4n) is 4.03. The summed E-state index contributed by atoms with van der Waals surface area (Å²) in [5, 5.41) is 9.77. The van der Waals surface area contributed by atoms with Crippen LogP contribution in [0.3, 0.4) is 0 Å². The van der Waals surface area contributed by atoms with E-state index < -0.39 is 23.2 Å². The van der Waals surface area contributed by atoms with E-state index in [9.17, 15) is 19.5 Å². The van der Waals surface area contributed by atoms with E-state index in [1.807, 2.05) is 0 Å². The Morgan fingerprint density at radius 2 is 1.62 bits per heavy atom. The lowest BCUT2D eigenvalue weighted by atomic mass is 9.83. The summed E-state index contributed by atoms with van der Waals surface area (Å²) in [5.41, 5.74) is -2.04. The van der Waals surface area contributed by atoms with Crippen LogP contribution in [0.15, 0.2) is 24.3 Å². The molecule has 1 atom stereocenters. The van der Waals surface area contributed by atoms with Crippen LogP contribution in [0.2, 0.25) is 0 Å². The molecule has 0 spiro atoms. The molecule has 1 saturated heterocycles. The van der Waals surface area contributed by atoms with E-state index in [1.54, 1.807) is 27.7 Å². The molecule has 0 radical (unpaired) electrons. The minimum Gasteiger partial charge on any atom is -0.493 e. The summed E-state index contributed by atoms with van der Waals surface area (Å²) in [6.45, 7) is 10.9. The summed E-state index contributed by atoms with van der Waals surface area (Å²) in [4.78, 5) is 41.4. The van der Waals surface area contributed by atoms with Crippen molar-refractivity contribution in [1.29, 1.82) is 0 Å². The SMILES string of the molecule is C=C(C(=O)O)C1(CC)CN(C(=O)c2cc(OC)c(OC)c(OC)c2)CCN1C(=O)OC(C)(C)C. The van der Waals surface area contributed by atoms with Gasteiger partial charge in [-0.15, -0.1) is 0 Å². The van der Waals surface area contributed by atoms with Gasteiger partial charge in [0.15, 0.2) is 11.5 Å². The minimum atomic E-state index is -1.34. The van der Waals surface area contributed by atoms with E-state index in [1.165, 1.54) is 43.3 Å². The maximum atomic E-state index is 13.5. The van der Waals surface area contributed by atoms with Gasteiger partial charge in [0.25, 0.3) is 5.91 Å². The van der Waals surface area contributed by atoms with Gasteiger partial charge in [-0.3, -0.25) is 9.69 Å². The molecule has 2 rings (SSSR count). The molecule has 1 unspecified atom stereocenters. The molecule has 10 heteroatoms. The lowest BCUT2D eigenvalue weighted by molar-refractivity contribution is -0.134. The predicted octanol–water partition coefficient (Wildman–Crippen LogP) is 3.19. The topological polar surface area (TPSA) is 115 Å². The van der Waals surface area contributed by atoms with Crippen LogP contribution in [0, 0.1) is 0 Å². The predicted molar refractivity (Wildman–Crippen MR) is 125 cm³/mol. The van der Waals surface area contributed by atoms with Gasteiger partial charge >= 0.3 is 12.1 Å². The Bertz CT molecular complexity index is 943. The molecule has 1 heterocycles. The lowest BCUT2D eigenvalue weighted by Crippen LogP contribution is -2.66. The smallest absolute Gasteiger partial charge is 0.411 e. The molecule has 1 fully saturated rings. The zero-order valence-corrected chi connectivity index (χ0v) is 20.9. The van der Waals surface area contributed by atoms with Gasteiger partial charge in [0.05, 0.1) is 32.4 Å². The van der Waals surface area contributed by atoms with Crippen LogP contribution in [0.25, 0.3) is 0 Å². The van der Waals surface area contributed by atoms with Gasteiger partial charge in [-0.2, -0.15) is 0 Å². The molecule has 188 valence electrons. The molecule has 0 saturated carbocycles. The molecule has 2 amide bonds. The van der Waals surface area contributed by atoms with Gasteiger partial charge in [-0.1, -0.05) is 13.5 Å². The molecule has 0 aliphatic carbocycles. The Morgan fingerprint density at radius 3 is 2.03 bits per heavy atom. The number of carboxylic acids is 1. The number of hydrogen-bond acceptors (Lipinski definition) is 7. The van der Waals surface area contributed by atoms with E-state index in [2.05, 4.69) is 6.58 Å². The van der Waals surface area contributed by atoms with Gasteiger partial charge in [0.2, 0.25) is 5.75 Å². The van der Waals surface area contributed by atoms with Crippen molar-refractivity contribution in [1.82, 2.24) is 9.80 Å². The largest absolute Gasteiger partial charge is 0.493 e. The van der Waals surface area contributed by atoms with Crippen molar-refractivity contribution >= 4 is 18.0 Å². The Hall–Kier alpha value is -3.43. The monoisotopic (exact) mass is 478 g/mol. The van der Waals surface area contributed by atoms with E-state index in [0.29, 0.717) is 17.2 Å². The molecular formula is C24H34N2O8. The van der Waals surface area contributed by atoms with Gasteiger partial charge in [0.1, 0.15) is 5.60 Å². The highest BCUT2D eigenvalue weighted by molar-refractivity contribution is 5.96. The number of benzene rings is 1. The fraction of sp³-hybridized carbons (Fsp3) is 0.542. The summed E-state index contributed by atoms with van der Waals surface area (Å²) in [6, 6.07) is 3.06. The average Bonchev–Trinajstić information content (AvgIpc) is 2.80. The maximum Gasteiger partial charge on any atom is 0.411 e. The van der Waals surface area contributed by atoms with Crippen molar-refractivity contribution in [3.63, 3.8) is 0 Å². The van der Waals surface area contributed by atoms with Crippen LogP contribution in [0.1, 0.15) is 44.5 Å². The van der Waals surface area contributed by atoms with Gasteiger partial charge < -0.3 is 29.0 Å². The first kappa shape index (κ1) is 26.8. The number of hydrogen-bond donors (Lipinski definition) is 1. The highest BCUT2D eigenvalue weighted by atomic mass is 16.6. The molecule has 0 aromatic heterocycles. The second-order valence-electron chi connectivity index (χ2n) is 8.94. The molecule has 34 heavy (non-hydrogen) atoms. The third-order valence-electron chi connectivity index (χ3n) is 5.78. The van der Waals surface area contributed by atoms with Crippen molar-refractivity contribution in [3.05, 3.63) is 29.8 Å². The zero-order chi connectivity index (χ0) is 25.8. The Balaban J connectivity index is 2.49. The summed E-state index contributed by atoms with van der Waals surface area (Å²) in [6.07, 6.45) is -0.437. The number of piperazine rings is 1. The van der Waals surface area contributed by atoms with Crippen molar-refractivity contribution < 1.29 is 38.4 Å². The molecule has 1 aliphatic rings. The van der Waals surface area contributed by atoms with E-state index >= 15 is 0 Å². The maximum absolute atomic E-state index is 13.5. The molecule has 0 bridgehead atoms. The van der Waals surface area contributed by atoms with E-state index in [0.717, 1.165) is 0 Å². The Morgan fingerprint density at radius 1 is 1.06 bits per heavy atom. The molecule has 1 aromatic carbocycles. The third-order valence-corrected chi connectivity index (χ3v) is 5.78. The molecule has 1 aliphatic heterocycles. The average molecular weight is 479 g/mol. The summed E-state index contributed by atoms with van der Waals surface area (Å²) in [5.74, 6) is -0.654. The normalized spacial score (nSPS) is 18.2. The van der Waals surface area contributed by atoms with Crippen molar-refractivity contribution in [2.24, 2.45) is 0 Å². The number of carbonyl (C=O) groups is 3. The Labute approximate surface area is 200 Å². The first-order valence-electron chi connectivity index (χ1n) is 10.9. The Kier molecular flexibility index (Phi) is 8.07. The number of rotatable bonds is 7. The van der Waals surface area contributed by atoms with Crippen molar-refractivity contribution in [2.45, 2.75) is 45.3 Å². The second-order valence-corrected chi connectivity index (χ2v) is 8.94. The van der Waals surface area contributed by atoms with Crippen LogP contribution in [0.5, 0.6) is 17.2 Å². The van der Waals surface area contributed by atoms with E-state index in [4.69, 9.17) is 18.9 Å². The summed E-state index contributed by atoms with van der Waals surface area (Å²) >= 11 is 0. The quantitative estimate of drug-likeness (QED) is 0.594. The highest BCUT2D eigenvalue weighted by Gasteiger charge is 2.49. The van der Waals surface area contributed by atoms with Crippen molar-refractivity contribution in [2.75, 3.05) is 41.0 Å². The van der Waals surface area contributed by atoms with Crippen LogP contribution in [-0.4, -0.2) is 85.0 Å². The van der Waals surface area contributed by atoms with Crippen LogP contribution in [0.4, 0.5) is 4.79 Å². The summed E-state index contributed by atoms with van der Waals surface area (Å²) in [7, 11) is 4.36. The van der Waals surface area contributed by atoms with Gasteiger partial charge in [-0.25, -0.2) is 9.59 Å². The van der Waals surface area contributed by atoms with Crippen LogP contribution in [-0.2, 0) is 9.53 Å². The highest BCUT2D eigenvalue weighted by Crippen LogP contribution is 2.39. The van der Waals surface area contributed by atoms with Crippen LogP contribution >= 0.6 is 0 Å². The second kappa shape index (κ2) is 10.2. The zero-order valence-electron chi connectivity index (χ0n) is 20.9. The van der Waals surface area contributed by atoms with Crippen LogP contribution < -0.4 is 14.2 Å². The van der Waals surface area contributed by atoms with Gasteiger partial charge in [-0.05, 0) is 39.3 Å².